The van der Waals surface area contributed by atoms with Gasteiger partial charge in [0.2, 0.25) is 47.3 Å². The quantitative estimate of drug-likeness (QED) is 0.0276. The third kappa shape index (κ3) is 27.4. The molecule has 1 aliphatic heterocycles. The Morgan fingerprint density at radius 2 is 1.30 bits per heavy atom. The number of carbonyl (C=O) groups excluding carboxylic acids is 11. The van der Waals surface area contributed by atoms with Gasteiger partial charge in [-0.05, 0) is 112 Å². The third-order valence-corrected chi connectivity index (χ3v) is 22.5. The van der Waals surface area contributed by atoms with Crippen molar-refractivity contribution in [2.45, 2.75) is 213 Å². The maximum absolute atomic E-state index is 14.3. The van der Waals surface area contributed by atoms with Gasteiger partial charge in [0.25, 0.3) is 5.91 Å². The summed E-state index contributed by atoms with van der Waals surface area (Å²) >= 11 is 1.48. The van der Waals surface area contributed by atoms with Crippen molar-refractivity contribution in [3.8, 4) is 0 Å². The lowest BCUT2D eigenvalue weighted by atomic mass is 9.90. The Hall–Kier alpha value is -7.99. The molecule has 1 fully saturated rings. The van der Waals surface area contributed by atoms with E-state index in [4.69, 9.17) is 14.2 Å². The van der Waals surface area contributed by atoms with Gasteiger partial charge in [0.1, 0.15) is 24.7 Å². The molecule has 584 valence electrons. The minimum absolute atomic E-state index is 0.0892. The molecular formula is C76H116N10O17S2. The van der Waals surface area contributed by atoms with Crippen molar-refractivity contribution in [3.05, 3.63) is 101 Å². The highest BCUT2D eigenvalue weighted by atomic mass is 32.2. The normalized spacial score (nSPS) is 16.3. The molecular weight excluding hydrogens is 1390 g/mol. The number of Topliss-reactive ketones (excluding diaryl/α,β-unsaturated/α-hetero) is 1. The third-order valence-electron chi connectivity index (χ3n) is 18.9. The Kier molecular flexibility index (Phi) is 36.6. The molecule has 3 aromatic rings. The number of aliphatic hydroxyl groups excluding tert-OH is 1. The number of sulfone groups is 1. The first-order valence-electron chi connectivity index (χ1n) is 36.2. The minimum Gasteiger partial charge on any atom is -0.445 e. The lowest BCUT2D eigenvalue weighted by Gasteiger charge is -2.39. The summed E-state index contributed by atoms with van der Waals surface area (Å²) in [6, 6.07) is 15.7. The second-order valence-electron chi connectivity index (χ2n) is 28.7. The number of anilines is 1. The molecule has 27 nitrogen and oxygen atoms in total. The van der Waals surface area contributed by atoms with Gasteiger partial charge in [0, 0.05) is 75.8 Å². The Balaban J connectivity index is 1.28. The van der Waals surface area contributed by atoms with E-state index in [0.29, 0.717) is 48.4 Å². The van der Waals surface area contributed by atoms with Crippen LogP contribution in [0.1, 0.15) is 173 Å². The summed E-state index contributed by atoms with van der Waals surface area (Å²) in [6.45, 7) is 24.0. The van der Waals surface area contributed by atoms with Crippen molar-refractivity contribution in [1.82, 2.24) is 46.6 Å². The van der Waals surface area contributed by atoms with Crippen LogP contribution >= 0.6 is 11.8 Å². The molecule has 4 rings (SSSR count). The Bertz CT molecular complexity index is 3490. The van der Waals surface area contributed by atoms with Crippen LogP contribution in [0.3, 0.4) is 0 Å². The van der Waals surface area contributed by atoms with Crippen LogP contribution in [-0.2, 0) is 69.0 Å². The second kappa shape index (κ2) is 43.0. The molecule has 8 N–H and O–H groups in total. The summed E-state index contributed by atoms with van der Waals surface area (Å²) in [5.74, 6) is -7.66. The number of methoxy groups -OCH3 is 2. The van der Waals surface area contributed by atoms with Gasteiger partial charge in [-0.3, -0.25) is 52.8 Å². The van der Waals surface area contributed by atoms with Crippen molar-refractivity contribution in [2.24, 2.45) is 29.6 Å². The van der Waals surface area contributed by atoms with Crippen LogP contribution in [0.2, 0.25) is 0 Å². The number of hydrogen-bond donors (Lipinski definition) is 8. The van der Waals surface area contributed by atoms with Gasteiger partial charge >= 0.3 is 6.09 Å². The number of aliphatic hydroxyl groups is 1. The highest BCUT2D eigenvalue weighted by Crippen LogP contribution is 2.31. The molecule has 3 aromatic carbocycles. The van der Waals surface area contributed by atoms with Gasteiger partial charge in [0.05, 0.1) is 72.9 Å². The maximum atomic E-state index is 14.3. The number of amides is 10. The Morgan fingerprint density at radius 3 is 1.87 bits per heavy atom. The van der Waals surface area contributed by atoms with Crippen LogP contribution < -0.4 is 37.2 Å². The number of likely N-dealkylation sites (N-methyl/N-ethyl adjacent to an activating group) is 2. The van der Waals surface area contributed by atoms with Gasteiger partial charge in [-0.25, -0.2) is 13.2 Å². The summed E-state index contributed by atoms with van der Waals surface area (Å²) < 4.78 is 43.2. The molecule has 0 aromatic heterocycles. The first kappa shape index (κ1) is 89.4. The zero-order valence-corrected chi connectivity index (χ0v) is 66.1. The summed E-state index contributed by atoms with van der Waals surface area (Å²) in [7, 11) is 2.44. The summed E-state index contributed by atoms with van der Waals surface area (Å²) in [4.78, 5) is 154. The van der Waals surface area contributed by atoms with Crippen molar-refractivity contribution in [3.63, 3.8) is 0 Å². The number of ketones is 1. The second-order valence-corrected chi connectivity index (χ2v) is 33.0. The average Bonchev–Trinajstić information content (AvgIpc) is 1.82. The zero-order chi connectivity index (χ0) is 78.7. The van der Waals surface area contributed by atoms with Gasteiger partial charge in [0.15, 0.2) is 15.6 Å². The van der Waals surface area contributed by atoms with E-state index in [9.17, 15) is 66.3 Å². The number of thioether (sulfide) groups is 1. The van der Waals surface area contributed by atoms with Crippen molar-refractivity contribution >= 4 is 92.3 Å². The predicted octanol–water partition coefficient (Wildman–Crippen LogP) is 6.62. The molecule has 1 saturated heterocycles. The Morgan fingerprint density at radius 1 is 0.686 bits per heavy atom. The maximum Gasteiger partial charge on any atom is 0.410 e. The number of nitrogens with one attached hydrogen (secondary N) is 7. The van der Waals surface area contributed by atoms with Crippen LogP contribution in [0, 0.1) is 29.6 Å². The number of hydrogen-bond acceptors (Lipinski definition) is 18. The van der Waals surface area contributed by atoms with Crippen LogP contribution in [0.25, 0.3) is 0 Å². The molecule has 0 bridgehead atoms. The number of likely N-dealkylation sites (tertiary alicyclic amines) is 1. The number of benzene rings is 3. The number of ether oxygens (including phenoxy) is 3. The van der Waals surface area contributed by atoms with E-state index in [1.165, 1.54) is 62.2 Å². The molecule has 12 atom stereocenters. The Labute approximate surface area is 624 Å². The number of nitrogens with zero attached hydrogens (tertiary/aromatic N) is 3. The predicted molar refractivity (Wildman–Crippen MR) is 404 cm³/mol. The molecule has 29 heteroatoms. The molecule has 3 unspecified atom stereocenters. The standard InChI is InChI=1S/C76H116N10O17S2/c1-19-49(12)67(60(101-17)38-63(89)86-37-23-26-59(86)70(102-18)50(13)71(93)80-51(14)68(91)53-24-21-20-22-25-53)84(15)64(90)40-78-75(97)66(45(4)5)85(16)76(98)103-41-52-27-33-57(34-28-52)81-62(88)39-77-74(96)65(44(2)3)83-61(87)36-35-58(73(95)79-46(6)7)82-72(94)55-31-29-54(30-32-55)69(92)56(42-104-47(8)9)43-105(99,100)48(10)11/h20-22,24-25,27-34,44-51,56,58-60,65-68,70,91H,19,23,26,35-43H2,1-18H3,(H,77,96)(H,78,97)(H,79,95)(H,80,93)(H,81,88)(H,82,94)(H,83,87)/t49-,50+,51+,56?,58-,59-,60+,65?,66?,67+,68+,70+/m0/s1. The minimum atomic E-state index is -3.55. The fraction of sp³-hybridized carbons (Fsp3) is 0.618. The van der Waals surface area contributed by atoms with Crippen LogP contribution in [0.15, 0.2) is 78.9 Å². The highest BCUT2D eigenvalue weighted by molar-refractivity contribution is 8.00. The summed E-state index contributed by atoms with van der Waals surface area (Å²) in [5, 5.41) is 29.4. The van der Waals surface area contributed by atoms with Crippen molar-refractivity contribution in [2.75, 3.05) is 64.8 Å². The van der Waals surface area contributed by atoms with E-state index < -0.39 is 154 Å². The molecule has 1 aliphatic rings. The molecule has 0 radical (unpaired) electrons. The van der Waals surface area contributed by atoms with Crippen LogP contribution in [0.4, 0.5) is 10.5 Å². The molecule has 0 aliphatic carbocycles. The molecule has 0 spiro atoms. The van der Waals surface area contributed by atoms with Crippen molar-refractivity contribution in [1.29, 1.82) is 0 Å². The summed E-state index contributed by atoms with van der Waals surface area (Å²) in [6.07, 6.45) is -1.85. The molecule has 10 amide bonds. The fourth-order valence-corrected chi connectivity index (χ4v) is 14.7. The van der Waals surface area contributed by atoms with Crippen LogP contribution in [-0.4, -0.2) is 218 Å². The lowest BCUT2D eigenvalue weighted by Crippen LogP contribution is -2.56. The smallest absolute Gasteiger partial charge is 0.410 e. The van der Waals surface area contributed by atoms with Gasteiger partial charge in [-0.2, -0.15) is 11.8 Å². The summed E-state index contributed by atoms with van der Waals surface area (Å²) in [5.41, 5.74) is 1.87. The van der Waals surface area contributed by atoms with E-state index in [1.807, 2.05) is 45.9 Å². The van der Waals surface area contributed by atoms with E-state index in [0.717, 1.165) is 4.90 Å². The SMILES string of the molecule is CC[C@H](C)[C@H]([C@@H](CC(=O)N1CCC[C@H]1[C@H](OC)[C@@H](C)C(=O)N[C@H](C)[C@@H](O)c1ccccc1)OC)N(C)C(=O)CNC(=O)C(C(C)C)N(C)C(=O)OCc1ccc(NC(=O)CNC(=O)C(NC(=O)CC[C@H](NC(=O)c2ccc(C(=O)C(CSC(C)C)CS(=O)(=O)C(C)C)cc2)C(=O)NC(C)C)C(C)C)cc1. The molecule has 0 saturated carbocycles. The molecule has 105 heavy (non-hydrogen) atoms. The first-order valence-corrected chi connectivity index (χ1v) is 39.0. The van der Waals surface area contributed by atoms with Gasteiger partial charge < -0.3 is 66.3 Å². The van der Waals surface area contributed by atoms with E-state index >= 15 is 0 Å². The van der Waals surface area contributed by atoms with E-state index in [-0.39, 0.29) is 77.6 Å². The van der Waals surface area contributed by atoms with Gasteiger partial charge in [-0.15, -0.1) is 0 Å². The zero-order valence-electron chi connectivity index (χ0n) is 64.4. The van der Waals surface area contributed by atoms with E-state index in [2.05, 4.69) is 37.2 Å². The molecule has 1 heterocycles. The van der Waals surface area contributed by atoms with Gasteiger partial charge in [-0.1, -0.05) is 123 Å². The first-order chi connectivity index (χ1) is 49.4. The lowest BCUT2D eigenvalue weighted by molar-refractivity contribution is -0.146. The number of carbonyl (C=O) groups is 11. The fourth-order valence-electron chi connectivity index (χ4n) is 12.5. The average molecular weight is 1510 g/mol. The number of rotatable bonds is 42. The topological polar surface area (TPSA) is 364 Å². The highest BCUT2D eigenvalue weighted by Gasteiger charge is 2.43. The largest absolute Gasteiger partial charge is 0.445 e. The van der Waals surface area contributed by atoms with Crippen LogP contribution in [0.5, 0.6) is 0 Å². The van der Waals surface area contributed by atoms with Crippen molar-refractivity contribution < 1.29 is 80.5 Å². The monoisotopic (exact) mass is 1500 g/mol. The van der Waals surface area contributed by atoms with E-state index in [1.54, 1.807) is 118 Å².